The molecule has 0 spiro atoms. The highest BCUT2D eigenvalue weighted by molar-refractivity contribution is 5.63. The van der Waals surface area contributed by atoms with Crippen LogP contribution in [-0.4, -0.2) is 65.4 Å². The Morgan fingerprint density at radius 2 is 1.28 bits per heavy atom. The van der Waals surface area contributed by atoms with Gasteiger partial charge < -0.3 is 28.4 Å². The molecule has 4 aromatic rings. The molecule has 0 aromatic heterocycles. The Balaban J connectivity index is 1.45. The van der Waals surface area contributed by atoms with Gasteiger partial charge in [-0.05, 0) is 98.4 Å². The molecular formula is C38H42N2O6. The third-order valence-corrected chi connectivity index (χ3v) is 9.80. The van der Waals surface area contributed by atoms with E-state index in [2.05, 4.69) is 72.4 Å². The van der Waals surface area contributed by atoms with Crippen LogP contribution in [0.15, 0.2) is 60.7 Å². The molecule has 0 fully saturated rings. The molecule has 46 heavy (non-hydrogen) atoms. The second kappa shape index (κ2) is 12.4. The van der Waals surface area contributed by atoms with Crippen LogP contribution in [0.25, 0.3) is 0 Å². The number of nitrogens with zero attached hydrogens (tertiary/aromatic N) is 2. The van der Waals surface area contributed by atoms with Crippen LogP contribution < -0.4 is 28.4 Å². The SMILES string of the molecule is COc1cc2c3c(c1OC)Oc1cccc(c1)CC1c4cc(c(OC)c(OC)c4CCN1C)Oc1cccc(c1)CC3N(C)CC2. The van der Waals surface area contributed by atoms with Gasteiger partial charge in [-0.1, -0.05) is 24.3 Å². The van der Waals surface area contributed by atoms with Crippen LogP contribution in [0.1, 0.15) is 45.5 Å². The van der Waals surface area contributed by atoms with E-state index in [1.807, 2.05) is 12.1 Å². The number of likely N-dealkylation sites (N-methyl/N-ethyl adjacent to an activating group) is 2. The lowest BCUT2D eigenvalue weighted by Crippen LogP contribution is -2.34. The number of methoxy groups -OCH3 is 4. The van der Waals surface area contributed by atoms with E-state index in [9.17, 15) is 0 Å². The first-order valence-corrected chi connectivity index (χ1v) is 15.9. The second-order valence-electron chi connectivity index (χ2n) is 12.4. The minimum atomic E-state index is 0.0420. The number of fused-ring (bicyclic) bond motifs is 5. The summed E-state index contributed by atoms with van der Waals surface area (Å²) in [6.07, 6.45) is 3.28. The molecule has 0 saturated heterocycles. The van der Waals surface area contributed by atoms with Crippen LogP contribution in [0.5, 0.6) is 46.0 Å². The highest BCUT2D eigenvalue weighted by Gasteiger charge is 2.34. The number of ether oxygens (including phenoxy) is 6. The predicted molar refractivity (Wildman–Crippen MR) is 178 cm³/mol. The number of benzene rings is 4. The standard InChI is InChI=1S/C38H42N2O6/c1-39-16-14-28-29-22-33(37(44-6)35(28)42-4)45-26-11-7-10-24(17-26)20-31-34-25(13-15-40(31)2)21-32(41-3)36(43-5)38(34)46-27-12-8-9-23(18-27)19-30(29)39/h7-12,17-18,21-22,30-31H,13-16,19-20H2,1-6H3. The quantitative estimate of drug-likeness (QED) is 0.238. The Bertz CT molecular complexity index is 1770. The van der Waals surface area contributed by atoms with Crippen LogP contribution in [0, 0.1) is 0 Å². The lowest BCUT2D eigenvalue weighted by atomic mass is 9.87. The Kier molecular flexibility index (Phi) is 8.17. The van der Waals surface area contributed by atoms with Crippen LogP contribution in [-0.2, 0) is 25.7 Å². The first-order valence-electron chi connectivity index (χ1n) is 15.9. The van der Waals surface area contributed by atoms with Gasteiger partial charge in [0.1, 0.15) is 11.5 Å². The summed E-state index contributed by atoms with van der Waals surface area (Å²) in [6, 6.07) is 21.1. The molecule has 0 N–H and O–H groups in total. The highest BCUT2D eigenvalue weighted by Crippen LogP contribution is 2.51. The van der Waals surface area contributed by atoms with E-state index in [1.54, 1.807) is 28.4 Å². The predicted octanol–water partition coefficient (Wildman–Crippen LogP) is 7.16. The fraction of sp³-hybridized carbons (Fsp3) is 0.368. The average Bonchev–Trinajstić information content (AvgIpc) is 3.06. The summed E-state index contributed by atoms with van der Waals surface area (Å²) in [4.78, 5) is 4.80. The minimum Gasteiger partial charge on any atom is -0.493 e. The molecule has 6 bridgehead atoms. The van der Waals surface area contributed by atoms with Crippen molar-refractivity contribution in [3.05, 3.63) is 94.0 Å². The van der Waals surface area contributed by atoms with Gasteiger partial charge in [-0.2, -0.15) is 0 Å². The molecule has 3 heterocycles. The fourth-order valence-electron chi connectivity index (χ4n) is 7.46. The molecule has 8 nitrogen and oxygen atoms in total. The molecule has 2 atom stereocenters. The Labute approximate surface area is 271 Å². The van der Waals surface area contributed by atoms with Gasteiger partial charge in [-0.25, -0.2) is 0 Å². The van der Waals surface area contributed by atoms with Gasteiger partial charge in [-0.3, -0.25) is 9.80 Å². The summed E-state index contributed by atoms with van der Waals surface area (Å²) >= 11 is 0. The lowest BCUT2D eigenvalue weighted by Gasteiger charge is -2.37. The summed E-state index contributed by atoms with van der Waals surface area (Å²) in [6.45, 7) is 1.82. The third-order valence-electron chi connectivity index (χ3n) is 9.80. The summed E-state index contributed by atoms with van der Waals surface area (Å²) in [5.74, 6) is 5.51. The van der Waals surface area contributed by atoms with Crippen molar-refractivity contribution in [3.8, 4) is 46.0 Å². The second-order valence-corrected chi connectivity index (χ2v) is 12.4. The molecule has 2 unspecified atom stereocenters. The molecule has 240 valence electrons. The highest BCUT2D eigenvalue weighted by atomic mass is 16.5. The van der Waals surface area contributed by atoms with Crippen LogP contribution in [0.3, 0.4) is 0 Å². The molecular weight excluding hydrogens is 580 g/mol. The fourth-order valence-corrected chi connectivity index (χ4v) is 7.46. The largest absolute Gasteiger partial charge is 0.493 e. The first-order chi connectivity index (χ1) is 22.4. The van der Waals surface area contributed by atoms with Gasteiger partial charge in [0.2, 0.25) is 11.5 Å². The molecule has 4 aromatic carbocycles. The maximum atomic E-state index is 6.88. The Morgan fingerprint density at radius 3 is 1.96 bits per heavy atom. The molecule has 3 aliphatic heterocycles. The molecule has 0 radical (unpaired) electrons. The number of rotatable bonds is 4. The van der Waals surface area contributed by atoms with Gasteiger partial charge in [0, 0.05) is 36.3 Å². The molecule has 8 heteroatoms. The Morgan fingerprint density at radius 1 is 0.652 bits per heavy atom. The maximum absolute atomic E-state index is 6.88. The zero-order chi connectivity index (χ0) is 31.9. The summed E-state index contributed by atoms with van der Waals surface area (Å²) < 4.78 is 37.3. The van der Waals surface area contributed by atoms with Crippen molar-refractivity contribution in [1.29, 1.82) is 0 Å². The van der Waals surface area contributed by atoms with Crippen LogP contribution in [0.2, 0.25) is 0 Å². The monoisotopic (exact) mass is 622 g/mol. The van der Waals surface area contributed by atoms with Gasteiger partial charge >= 0.3 is 0 Å². The number of hydrogen-bond donors (Lipinski definition) is 0. The molecule has 0 aliphatic carbocycles. The van der Waals surface area contributed by atoms with E-state index in [1.165, 1.54) is 16.7 Å². The summed E-state index contributed by atoms with van der Waals surface area (Å²) in [7, 11) is 11.1. The van der Waals surface area contributed by atoms with Crippen LogP contribution >= 0.6 is 0 Å². The summed E-state index contributed by atoms with van der Waals surface area (Å²) in [5.41, 5.74) is 7.00. The average molecular weight is 623 g/mol. The van der Waals surface area contributed by atoms with Gasteiger partial charge in [-0.15, -0.1) is 0 Å². The maximum Gasteiger partial charge on any atom is 0.204 e. The molecule has 7 rings (SSSR count). The van der Waals surface area contributed by atoms with Gasteiger partial charge in [0.15, 0.2) is 23.0 Å². The molecule has 3 aliphatic rings. The molecule has 0 amide bonds. The minimum absolute atomic E-state index is 0.0420. The van der Waals surface area contributed by atoms with E-state index in [0.29, 0.717) is 28.7 Å². The topological polar surface area (TPSA) is 61.9 Å². The Hall–Kier alpha value is -4.40. The lowest BCUT2D eigenvalue weighted by molar-refractivity contribution is 0.221. The summed E-state index contributed by atoms with van der Waals surface area (Å²) in [5, 5.41) is 0. The van der Waals surface area contributed by atoms with Crippen molar-refractivity contribution >= 4 is 0 Å². The van der Waals surface area contributed by atoms with Crippen molar-refractivity contribution in [2.75, 3.05) is 55.6 Å². The zero-order valence-corrected chi connectivity index (χ0v) is 27.5. The van der Waals surface area contributed by atoms with Crippen LogP contribution in [0.4, 0.5) is 0 Å². The zero-order valence-electron chi connectivity index (χ0n) is 27.5. The van der Waals surface area contributed by atoms with E-state index >= 15 is 0 Å². The van der Waals surface area contributed by atoms with Crippen molar-refractivity contribution in [3.63, 3.8) is 0 Å². The molecule has 0 saturated carbocycles. The van der Waals surface area contributed by atoms with Crippen molar-refractivity contribution in [1.82, 2.24) is 9.80 Å². The smallest absolute Gasteiger partial charge is 0.204 e. The normalized spacial score (nSPS) is 19.2. The number of hydrogen-bond acceptors (Lipinski definition) is 8. The van der Waals surface area contributed by atoms with E-state index in [-0.39, 0.29) is 12.1 Å². The van der Waals surface area contributed by atoms with Crippen molar-refractivity contribution in [2.24, 2.45) is 0 Å². The van der Waals surface area contributed by atoms with E-state index in [0.717, 1.165) is 72.7 Å². The van der Waals surface area contributed by atoms with E-state index in [4.69, 9.17) is 28.4 Å². The van der Waals surface area contributed by atoms with E-state index < -0.39 is 0 Å². The van der Waals surface area contributed by atoms with Crippen molar-refractivity contribution < 1.29 is 28.4 Å². The van der Waals surface area contributed by atoms with Gasteiger partial charge in [0.25, 0.3) is 0 Å². The van der Waals surface area contributed by atoms with Gasteiger partial charge in [0.05, 0.1) is 28.4 Å². The van der Waals surface area contributed by atoms with Crippen molar-refractivity contribution in [2.45, 2.75) is 37.8 Å². The third kappa shape index (κ3) is 5.29. The first kappa shape index (κ1) is 30.3.